The number of hydrogen-bond acceptors (Lipinski definition) is 12. The number of carbonyl (C=O) groups is 1. The molecule has 9 aromatic carbocycles. The zero-order valence-corrected chi connectivity index (χ0v) is 85.7. The Kier molecular flexibility index (Phi) is 31.8. The number of aliphatic hydroxyl groups is 4. The second kappa shape index (κ2) is 43.5. The van der Waals surface area contributed by atoms with Crippen LogP contribution in [-0.2, 0) is 15.1 Å². The topological polar surface area (TPSA) is 188 Å². The van der Waals surface area contributed by atoms with E-state index in [0.717, 1.165) is 174 Å². The number of carbonyl (C=O) groups excluding carboxylic acids is 1. The van der Waals surface area contributed by atoms with E-state index in [2.05, 4.69) is 81.1 Å². The van der Waals surface area contributed by atoms with Gasteiger partial charge in [0, 0.05) is 67.2 Å². The van der Waals surface area contributed by atoms with Crippen LogP contribution < -0.4 is 31.2 Å². The number of hydrogen-bond donors (Lipinski definition) is 4. The molecule has 1 saturated heterocycles. The molecule has 12 unspecified atom stereocenters. The Bertz CT molecular complexity index is 6020. The number of para-hydroxylation sites is 4. The van der Waals surface area contributed by atoms with Crippen LogP contribution in [0.15, 0.2) is 256 Å². The van der Waals surface area contributed by atoms with Crippen molar-refractivity contribution in [2.45, 2.75) is 229 Å². The number of imidazole rings is 3. The van der Waals surface area contributed by atoms with Gasteiger partial charge in [-0.2, -0.15) is 13.8 Å². The van der Waals surface area contributed by atoms with Crippen molar-refractivity contribution in [2.75, 3.05) is 13.2 Å². The van der Waals surface area contributed by atoms with Gasteiger partial charge in [0.2, 0.25) is 0 Å². The van der Waals surface area contributed by atoms with Crippen molar-refractivity contribution in [2.24, 2.45) is 69.5 Å². The van der Waals surface area contributed by atoms with Crippen LogP contribution in [0, 0.1) is 96.9 Å². The van der Waals surface area contributed by atoms with Crippen LogP contribution in [0.5, 0.6) is 34.5 Å². The quantitative estimate of drug-likeness (QED) is 0.0322. The molecule has 12 aliphatic carbocycles. The molecule has 16 aliphatic rings. The molecular formula is C115H129BrF3IMgN6O9Si. The monoisotopic (exact) mass is 2050 g/mol. The van der Waals surface area contributed by atoms with Crippen molar-refractivity contribution in [3.63, 3.8) is 0 Å². The normalized spacial score (nSPS) is 27.9. The van der Waals surface area contributed by atoms with E-state index in [1.54, 1.807) is 55.6 Å². The Morgan fingerprint density at radius 2 is 0.832 bits per heavy atom. The molecule has 12 atom stereocenters. The molecule has 0 radical (unpaired) electrons. The zero-order valence-electron chi connectivity index (χ0n) is 79.4. The Morgan fingerprint density at radius 3 is 1.25 bits per heavy atom. The summed E-state index contributed by atoms with van der Waals surface area (Å²) in [6.07, 6.45) is 29.9. The molecule has 12 aromatic rings. The SMILES string of the molecule is C1CCOC1.CC[SiH](CC)CC.C[CH-]C.Ic1ccccc1Oc1ccccc1.O=C1C2CC3CC1CC(C(O)CC1c4c(F)cccc4-c4cncn41)(C3)C2.OC(CC1c2c(F)cccc2-c2cncn21)C12CC3CC(C1)C(O)(c1cccc(Oc4ccccc4)c1)C(C3)C2.OC(CC1c2c(F)cccc2-c2cncn21)C12CC3CC(C1)C(c1cccc(Oc4ccccc4)c1)C(C3)C2.[Br-].[Mg+2]. The Morgan fingerprint density at radius 1 is 0.460 bits per heavy atom. The van der Waals surface area contributed by atoms with Crippen LogP contribution in [0.2, 0.25) is 18.1 Å². The van der Waals surface area contributed by atoms with Gasteiger partial charge < -0.3 is 76.5 Å². The van der Waals surface area contributed by atoms with Gasteiger partial charge in [-0.15, -0.1) is 0 Å². The fraction of sp³-hybridized carbons (Fsp3) is 0.435. The number of benzene rings is 9. The predicted molar refractivity (Wildman–Crippen MR) is 540 cm³/mol. The molecule has 7 heterocycles. The summed E-state index contributed by atoms with van der Waals surface area (Å²) in [5, 5.41) is 47.7. The maximum atomic E-state index is 15.1. The van der Waals surface area contributed by atoms with Gasteiger partial charge in [0.1, 0.15) is 57.7 Å². The molecule has 15 nitrogen and oxygen atoms in total. The number of fused-ring (bicyclic) bond motifs is 9. The molecule has 714 valence electrons. The summed E-state index contributed by atoms with van der Waals surface area (Å²) in [4.78, 5) is 25.4. The minimum Gasteiger partial charge on any atom is -1.00 e. The Balaban J connectivity index is 0.000000125. The van der Waals surface area contributed by atoms with Gasteiger partial charge in [-0.05, 0) is 317 Å². The van der Waals surface area contributed by atoms with Gasteiger partial charge in [0.05, 0.1) is 100 Å². The van der Waals surface area contributed by atoms with E-state index in [4.69, 9.17) is 18.9 Å². The van der Waals surface area contributed by atoms with Gasteiger partial charge in [-0.3, -0.25) is 4.79 Å². The molecule has 28 rings (SSSR count). The summed E-state index contributed by atoms with van der Waals surface area (Å²) in [6, 6.07) is 73.5. The first-order valence-corrected chi connectivity index (χ1v) is 53.4. The summed E-state index contributed by atoms with van der Waals surface area (Å²) in [7, 11) is -0.171. The second-order valence-electron chi connectivity index (χ2n) is 41.2. The van der Waals surface area contributed by atoms with E-state index >= 15 is 8.78 Å². The first-order valence-electron chi connectivity index (χ1n) is 49.9. The predicted octanol–water partition coefficient (Wildman–Crippen LogP) is 23.3. The second-order valence-corrected chi connectivity index (χ2v) is 46.6. The smallest absolute Gasteiger partial charge is 1.00 e. The summed E-state index contributed by atoms with van der Waals surface area (Å²) in [5.41, 5.74) is 8.30. The third-order valence-corrected chi connectivity index (χ3v) is 37.5. The third-order valence-electron chi connectivity index (χ3n) is 33.2. The molecule has 4 aliphatic heterocycles. The van der Waals surface area contributed by atoms with Crippen molar-refractivity contribution in [3.05, 3.63) is 311 Å². The summed E-state index contributed by atoms with van der Waals surface area (Å²) >= 11 is 2.26. The molecule has 12 bridgehead atoms. The first-order chi connectivity index (χ1) is 65.7. The minimum absolute atomic E-state index is 0. The molecule has 0 amide bonds. The number of Topliss-reactive ketones (excluding diaryl/α,β-unsaturated/α-hetero) is 1. The molecule has 12 saturated carbocycles. The minimum atomic E-state index is -0.945. The number of nitrogens with zero attached hydrogens (tertiary/aromatic N) is 6. The van der Waals surface area contributed by atoms with Gasteiger partial charge in [-0.1, -0.05) is 166 Å². The van der Waals surface area contributed by atoms with E-state index in [-0.39, 0.29) is 124 Å². The van der Waals surface area contributed by atoms with Crippen LogP contribution in [0.4, 0.5) is 13.2 Å². The van der Waals surface area contributed by atoms with E-state index < -0.39 is 23.9 Å². The van der Waals surface area contributed by atoms with Crippen LogP contribution in [-0.4, -0.2) is 118 Å². The van der Waals surface area contributed by atoms with Crippen LogP contribution in [0.3, 0.4) is 0 Å². The average Bonchev–Trinajstić information content (AvgIpc) is 1.01. The standard InChI is InChI=1S/C34H33FN2O3.C34H33FN2O2.C22H23FN2O2.C12H9IO.C6H16Si.C4H8O.C3H7.BrH.Mg/c35-28-11-5-10-27-30-19-36-20-37(30)29(32(27)28)15-31(38)33-16-21-12-23(17-33)34(39,24(13-21)18-33)22-6-4-9-26(14-22)40-25-7-2-1-3-8-25;35-28-11-5-10-27-30-19-36-20-37(30)29(33(27)28)15-31(38)34-16-21-12-23(17-34)32(24(13-21)18-34)22-6-4-9-26(14-22)39-25-7-2-1-3-8-25;23-16-3-1-2-15-18-10-24-11-25(18)17(20(15)16)6-19(26)22-7-12-4-13(8-22)21(27)14(5-12)9-22;13-11-8-4-5-9-12(11)14-10-6-2-1-3-7-10;1-4-7(5-2)6-3;1-2-4-5-3-1;1-3-2;;/h1-11,14,19-21,23-24,29,31,38-39H,12-13,15-18H2;1-11,14,19-21,23-24,29,31-32,38H,12-13,15-18H2;1-3,10-14,17,19,26H,4-9H2;1-9H;7H,4-6H2,1-3H3;1-4H2;3H,1-2H3;1H;/q;;;;;;-1;;+2/p-1. The number of aliphatic hydroxyl groups excluding tert-OH is 3. The number of rotatable bonds is 20. The van der Waals surface area contributed by atoms with Crippen LogP contribution in [0.1, 0.15) is 215 Å². The summed E-state index contributed by atoms with van der Waals surface area (Å²) in [6.45, 7) is 13.0. The van der Waals surface area contributed by atoms with Gasteiger partial charge in [-0.25, -0.2) is 28.1 Å². The number of halogens is 5. The molecule has 137 heavy (non-hydrogen) atoms. The molecule has 13 fully saturated rings. The summed E-state index contributed by atoms with van der Waals surface area (Å²) in [5.74, 6) is 8.61. The van der Waals surface area contributed by atoms with Crippen molar-refractivity contribution in [3.8, 4) is 68.3 Å². The van der Waals surface area contributed by atoms with Crippen molar-refractivity contribution in [1.82, 2.24) is 28.7 Å². The largest absolute Gasteiger partial charge is 2.00 e. The molecule has 0 spiro atoms. The van der Waals surface area contributed by atoms with Gasteiger partial charge in [0.25, 0.3) is 0 Å². The van der Waals surface area contributed by atoms with Crippen molar-refractivity contribution >= 4 is 60.2 Å². The van der Waals surface area contributed by atoms with Crippen molar-refractivity contribution in [1.29, 1.82) is 0 Å². The number of aromatic nitrogens is 6. The van der Waals surface area contributed by atoms with Crippen LogP contribution >= 0.6 is 22.6 Å². The average molecular weight is 2060 g/mol. The molecule has 4 N–H and O–H groups in total. The van der Waals surface area contributed by atoms with Gasteiger partial charge in [0.15, 0.2) is 0 Å². The zero-order chi connectivity index (χ0) is 93.3. The molecule has 3 aromatic heterocycles. The van der Waals surface area contributed by atoms with E-state index in [0.29, 0.717) is 77.2 Å². The van der Waals surface area contributed by atoms with E-state index in [9.17, 15) is 29.6 Å². The fourth-order valence-corrected chi connectivity index (χ4v) is 29.8. The molecular weight excluding hydrogens is 1930 g/mol. The fourth-order valence-electron chi connectivity index (χ4n) is 27.6. The molecule has 22 heteroatoms. The van der Waals surface area contributed by atoms with E-state index in [1.165, 1.54) is 61.5 Å². The first kappa shape index (κ1) is 100. The number of ether oxygens (including phenoxy) is 4. The maximum Gasteiger partial charge on any atom is 2.00 e. The Labute approximate surface area is 847 Å². The third kappa shape index (κ3) is 20.3. The van der Waals surface area contributed by atoms with Crippen molar-refractivity contribution < 1.29 is 74.3 Å². The van der Waals surface area contributed by atoms with Crippen LogP contribution in [0.25, 0.3) is 33.8 Å². The van der Waals surface area contributed by atoms with Gasteiger partial charge >= 0.3 is 23.1 Å². The maximum absolute atomic E-state index is 15.1. The summed E-state index contributed by atoms with van der Waals surface area (Å²) < 4.78 is 75.0. The van der Waals surface area contributed by atoms with E-state index in [1.807, 2.05) is 199 Å². The number of ketones is 1. The Hall–Kier alpha value is -8.54.